The highest BCUT2D eigenvalue weighted by Gasteiger charge is 2.22. The third kappa shape index (κ3) is 5.59. The third-order valence-electron chi connectivity index (χ3n) is 4.65. The van der Waals surface area contributed by atoms with Crippen molar-refractivity contribution in [1.29, 1.82) is 0 Å². The fourth-order valence-electron chi connectivity index (χ4n) is 3.37. The van der Waals surface area contributed by atoms with E-state index in [-0.39, 0.29) is 6.09 Å². The topological polar surface area (TPSA) is 54.0 Å². The van der Waals surface area contributed by atoms with Crippen molar-refractivity contribution in [2.75, 3.05) is 39.3 Å². The predicted molar refractivity (Wildman–Crippen MR) is 99.0 cm³/mol. The standard InChI is InChI=1S/C18H29N3O3S/c1-2-19-18(22)24-21-11-7-16-15(14-21)13-17(25-16)23-12-6-10-20-8-4-3-5-9-20/h13H,2-12,14H2,1H3,(H,19,22). The number of hydrogen-bond donors (Lipinski definition) is 1. The Morgan fingerprint density at radius 2 is 2.12 bits per heavy atom. The summed E-state index contributed by atoms with van der Waals surface area (Å²) in [5, 5.41) is 5.37. The molecule has 2 aliphatic rings. The molecule has 0 saturated carbocycles. The molecule has 3 rings (SSSR count). The summed E-state index contributed by atoms with van der Waals surface area (Å²) in [7, 11) is 0. The van der Waals surface area contributed by atoms with Crippen molar-refractivity contribution in [2.45, 2.75) is 45.6 Å². The fourth-order valence-corrected chi connectivity index (χ4v) is 4.40. The minimum absolute atomic E-state index is 0.379. The van der Waals surface area contributed by atoms with E-state index >= 15 is 0 Å². The number of ether oxygens (including phenoxy) is 1. The number of carbonyl (C=O) groups is 1. The molecule has 25 heavy (non-hydrogen) atoms. The summed E-state index contributed by atoms with van der Waals surface area (Å²) in [6.45, 7) is 8.23. The van der Waals surface area contributed by atoms with Crippen LogP contribution in [-0.2, 0) is 17.8 Å². The number of nitrogens with zero attached hydrogens (tertiary/aromatic N) is 2. The molecule has 1 fully saturated rings. The molecule has 7 heteroatoms. The van der Waals surface area contributed by atoms with Crippen LogP contribution in [0.25, 0.3) is 0 Å². The van der Waals surface area contributed by atoms with E-state index in [1.807, 2.05) is 6.92 Å². The van der Waals surface area contributed by atoms with Crippen LogP contribution in [0, 0.1) is 0 Å². The first kappa shape index (κ1) is 18.5. The maximum atomic E-state index is 11.5. The summed E-state index contributed by atoms with van der Waals surface area (Å²) >= 11 is 1.73. The molecule has 3 heterocycles. The van der Waals surface area contributed by atoms with Crippen LogP contribution >= 0.6 is 11.3 Å². The number of nitrogens with one attached hydrogen (secondary N) is 1. The Morgan fingerprint density at radius 1 is 1.28 bits per heavy atom. The second-order valence-corrected chi connectivity index (χ2v) is 7.74. The quantitative estimate of drug-likeness (QED) is 0.751. The highest BCUT2D eigenvalue weighted by atomic mass is 32.1. The van der Waals surface area contributed by atoms with Crippen molar-refractivity contribution >= 4 is 17.4 Å². The van der Waals surface area contributed by atoms with E-state index in [9.17, 15) is 4.79 Å². The normalized spacial score (nSPS) is 18.6. The number of hydrogen-bond acceptors (Lipinski definition) is 6. The molecule has 0 spiro atoms. The van der Waals surface area contributed by atoms with E-state index in [0.717, 1.165) is 37.6 Å². The number of rotatable bonds is 7. The van der Waals surface area contributed by atoms with Gasteiger partial charge in [0.2, 0.25) is 0 Å². The zero-order valence-corrected chi connectivity index (χ0v) is 15.9. The van der Waals surface area contributed by atoms with E-state index in [1.54, 1.807) is 16.4 Å². The number of fused-ring (bicyclic) bond motifs is 1. The van der Waals surface area contributed by atoms with Gasteiger partial charge >= 0.3 is 6.09 Å². The first-order valence-electron chi connectivity index (χ1n) is 9.42. The van der Waals surface area contributed by atoms with E-state index in [4.69, 9.17) is 9.57 Å². The van der Waals surface area contributed by atoms with E-state index in [1.165, 1.54) is 42.8 Å². The fraction of sp³-hybridized carbons (Fsp3) is 0.722. The van der Waals surface area contributed by atoms with E-state index in [0.29, 0.717) is 13.1 Å². The lowest BCUT2D eigenvalue weighted by Crippen LogP contribution is -2.36. The van der Waals surface area contributed by atoms with Crippen LogP contribution in [0.5, 0.6) is 5.06 Å². The van der Waals surface area contributed by atoms with Crippen molar-refractivity contribution in [3.8, 4) is 5.06 Å². The van der Waals surface area contributed by atoms with Gasteiger partial charge in [0, 0.05) is 24.5 Å². The van der Waals surface area contributed by atoms with Crippen molar-refractivity contribution in [2.24, 2.45) is 0 Å². The summed E-state index contributed by atoms with van der Waals surface area (Å²) in [5.41, 5.74) is 1.21. The average Bonchev–Trinajstić information content (AvgIpc) is 3.02. The number of hydroxylamine groups is 2. The van der Waals surface area contributed by atoms with Gasteiger partial charge in [0.25, 0.3) is 0 Å². The monoisotopic (exact) mass is 367 g/mol. The lowest BCUT2D eigenvalue weighted by molar-refractivity contribution is -0.110. The van der Waals surface area contributed by atoms with Gasteiger partial charge in [0.1, 0.15) is 0 Å². The number of thiophene rings is 1. The number of likely N-dealkylation sites (tertiary alicyclic amines) is 1. The van der Waals surface area contributed by atoms with Crippen molar-refractivity contribution in [3.63, 3.8) is 0 Å². The van der Waals surface area contributed by atoms with Crippen LogP contribution in [0.1, 0.15) is 43.0 Å². The molecular formula is C18H29N3O3S. The Morgan fingerprint density at radius 3 is 2.92 bits per heavy atom. The number of carbonyl (C=O) groups excluding carboxylic acids is 1. The zero-order chi connectivity index (χ0) is 17.5. The Kier molecular flexibility index (Phi) is 6.95. The second kappa shape index (κ2) is 9.40. The second-order valence-electron chi connectivity index (χ2n) is 6.64. The molecule has 0 aromatic carbocycles. The minimum atomic E-state index is -0.379. The van der Waals surface area contributed by atoms with Gasteiger partial charge in [-0.2, -0.15) is 0 Å². The Hall–Kier alpha value is -1.31. The molecule has 0 bridgehead atoms. The van der Waals surface area contributed by atoms with Crippen LogP contribution in [0.4, 0.5) is 4.79 Å². The molecule has 0 radical (unpaired) electrons. The van der Waals surface area contributed by atoms with Gasteiger partial charge in [-0.1, -0.05) is 6.42 Å². The molecule has 6 nitrogen and oxygen atoms in total. The van der Waals surface area contributed by atoms with Crippen LogP contribution < -0.4 is 10.1 Å². The maximum Gasteiger partial charge on any atom is 0.426 e. The van der Waals surface area contributed by atoms with Gasteiger partial charge in [-0.05, 0) is 57.3 Å². The van der Waals surface area contributed by atoms with Gasteiger partial charge in [0.05, 0.1) is 13.2 Å². The van der Waals surface area contributed by atoms with Crippen LogP contribution in [0.3, 0.4) is 0 Å². The Bertz CT molecular complexity index is 558. The highest BCUT2D eigenvalue weighted by Crippen LogP contribution is 2.33. The molecule has 0 aliphatic carbocycles. The minimum Gasteiger partial charge on any atom is -0.484 e. The lowest BCUT2D eigenvalue weighted by atomic mass is 10.1. The van der Waals surface area contributed by atoms with Crippen LogP contribution in [0.15, 0.2) is 6.07 Å². The van der Waals surface area contributed by atoms with Crippen molar-refractivity contribution < 1.29 is 14.4 Å². The Balaban J connectivity index is 1.40. The maximum absolute atomic E-state index is 11.5. The van der Waals surface area contributed by atoms with Gasteiger partial charge < -0.3 is 19.8 Å². The van der Waals surface area contributed by atoms with Crippen molar-refractivity contribution in [1.82, 2.24) is 15.3 Å². The van der Waals surface area contributed by atoms with Crippen LogP contribution in [0.2, 0.25) is 0 Å². The zero-order valence-electron chi connectivity index (χ0n) is 15.1. The Labute approximate surface area is 154 Å². The molecule has 0 atom stereocenters. The molecule has 1 aromatic heterocycles. The summed E-state index contributed by atoms with van der Waals surface area (Å²) in [4.78, 5) is 20.7. The van der Waals surface area contributed by atoms with Crippen LogP contribution in [-0.4, -0.2) is 55.4 Å². The molecule has 1 aromatic rings. The molecule has 140 valence electrons. The summed E-state index contributed by atoms with van der Waals surface area (Å²) in [6, 6.07) is 2.11. The van der Waals surface area contributed by atoms with E-state index < -0.39 is 0 Å². The summed E-state index contributed by atoms with van der Waals surface area (Å²) in [6.07, 6.45) is 5.66. The number of amides is 1. The first-order valence-corrected chi connectivity index (χ1v) is 10.2. The smallest absolute Gasteiger partial charge is 0.426 e. The van der Waals surface area contributed by atoms with Gasteiger partial charge in [-0.3, -0.25) is 0 Å². The molecule has 1 N–H and O–H groups in total. The molecule has 1 saturated heterocycles. The molecule has 2 aliphatic heterocycles. The third-order valence-corrected chi connectivity index (χ3v) is 5.80. The summed E-state index contributed by atoms with van der Waals surface area (Å²) in [5.74, 6) is 0. The number of piperidine rings is 1. The van der Waals surface area contributed by atoms with Gasteiger partial charge in [-0.25, -0.2) is 4.79 Å². The molecule has 1 amide bonds. The largest absolute Gasteiger partial charge is 0.484 e. The van der Waals surface area contributed by atoms with Crippen molar-refractivity contribution in [3.05, 3.63) is 16.5 Å². The van der Waals surface area contributed by atoms with Gasteiger partial charge in [-0.15, -0.1) is 16.4 Å². The molecular weight excluding hydrogens is 338 g/mol. The van der Waals surface area contributed by atoms with E-state index in [2.05, 4.69) is 16.3 Å². The highest BCUT2D eigenvalue weighted by molar-refractivity contribution is 7.14. The summed E-state index contributed by atoms with van der Waals surface area (Å²) < 4.78 is 5.96. The predicted octanol–water partition coefficient (Wildman–Crippen LogP) is 3.02. The first-order chi connectivity index (χ1) is 12.2. The molecule has 0 unspecified atom stereocenters. The average molecular weight is 368 g/mol. The van der Waals surface area contributed by atoms with Gasteiger partial charge in [0.15, 0.2) is 5.06 Å². The SMILES string of the molecule is CCNC(=O)ON1CCc2sc(OCCCN3CCCCC3)cc2C1. The lowest BCUT2D eigenvalue weighted by Gasteiger charge is -2.26.